The van der Waals surface area contributed by atoms with Crippen LogP contribution in [-0.4, -0.2) is 42.2 Å². The molecule has 0 aliphatic carbocycles. The molecule has 0 saturated heterocycles. The van der Waals surface area contributed by atoms with Gasteiger partial charge >= 0.3 is 0 Å². The third-order valence-electron chi connectivity index (χ3n) is 5.76. The number of nitrogens with two attached hydrogens (primary N) is 1. The Hall–Kier alpha value is -4.61. The molecule has 38 heavy (non-hydrogen) atoms. The van der Waals surface area contributed by atoms with Crippen LogP contribution in [0.25, 0.3) is 0 Å². The molecule has 2 amide bonds. The molecular formula is C29H26ClN5O3. The van der Waals surface area contributed by atoms with Gasteiger partial charge in [-0.1, -0.05) is 53.9 Å². The van der Waals surface area contributed by atoms with Gasteiger partial charge in [0.15, 0.2) is 0 Å². The van der Waals surface area contributed by atoms with Gasteiger partial charge in [0.25, 0.3) is 5.91 Å². The van der Waals surface area contributed by atoms with E-state index in [4.69, 9.17) is 22.1 Å². The quantitative estimate of drug-likeness (QED) is 0.401. The van der Waals surface area contributed by atoms with Crippen molar-refractivity contribution in [2.45, 2.75) is 13.0 Å². The van der Waals surface area contributed by atoms with Gasteiger partial charge in [0.05, 0.1) is 25.3 Å². The Morgan fingerprint density at radius 3 is 2.63 bits per heavy atom. The first-order chi connectivity index (χ1) is 18.4. The standard InChI is InChI=1S/C17H14N2O2.C12H12ClN3O/c1-19-15-8-6-13(5-7-14-4-2-3-10-18-14)12-16(15)21-11-9-17(19)20;13-11(9-7-16-12(17)10(9)14)15-6-8-4-2-1-3-5-8/h2-4,6,8,10,12H,9,11H2,1H3;1-5H,6-7,14H2,(H,16,17). The first-order valence-electron chi connectivity index (χ1n) is 11.9. The van der Waals surface area contributed by atoms with Gasteiger partial charge in [0.2, 0.25) is 5.91 Å². The van der Waals surface area contributed by atoms with Gasteiger partial charge in [-0.2, -0.15) is 0 Å². The topological polar surface area (TPSA) is 110 Å². The van der Waals surface area contributed by atoms with Crippen LogP contribution in [0, 0.1) is 11.8 Å². The summed E-state index contributed by atoms with van der Waals surface area (Å²) < 4.78 is 5.64. The maximum atomic E-state index is 11.8. The number of nitrogens with one attached hydrogen (secondary N) is 1. The molecule has 2 aliphatic heterocycles. The largest absolute Gasteiger partial charge is 0.491 e. The molecule has 3 heterocycles. The van der Waals surface area contributed by atoms with Crippen molar-refractivity contribution in [2.24, 2.45) is 10.7 Å². The van der Waals surface area contributed by atoms with Crippen LogP contribution in [0.3, 0.4) is 0 Å². The highest BCUT2D eigenvalue weighted by Crippen LogP contribution is 2.31. The van der Waals surface area contributed by atoms with Gasteiger partial charge in [0, 0.05) is 30.9 Å². The number of anilines is 1. The molecule has 2 aliphatic rings. The van der Waals surface area contributed by atoms with Crippen molar-refractivity contribution < 1.29 is 14.3 Å². The lowest BCUT2D eigenvalue weighted by molar-refractivity contribution is -0.118. The van der Waals surface area contributed by atoms with Crippen molar-refractivity contribution >= 4 is 34.3 Å². The summed E-state index contributed by atoms with van der Waals surface area (Å²) in [4.78, 5) is 32.9. The number of benzene rings is 2. The van der Waals surface area contributed by atoms with Crippen molar-refractivity contribution in [3.63, 3.8) is 0 Å². The van der Waals surface area contributed by atoms with Gasteiger partial charge in [0.1, 0.15) is 22.3 Å². The van der Waals surface area contributed by atoms with E-state index >= 15 is 0 Å². The molecule has 9 heteroatoms. The molecule has 0 spiro atoms. The zero-order valence-electron chi connectivity index (χ0n) is 20.8. The molecule has 3 aromatic rings. The van der Waals surface area contributed by atoms with Crippen LogP contribution in [-0.2, 0) is 16.1 Å². The van der Waals surface area contributed by atoms with Crippen LogP contribution >= 0.6 is 11.6 Å². The first kappa shape index (κ1) is 26.5. The third kappa shape index (κ3) is 6.78. The van der Waals surface area contributed by atoms with Crippen LogP contribution in [0.4, 0.5) is 5.69 Å². The number of aromatic nitrogens is 1. The second-order valence-corrected chi connectivity index (χ2v) is 8.72. The Bertz CT molecular complexity index is 1440. The van der Waals surface area contributed by atoms with Crippen LogP contribution in [0.15, 0.2) is 89.2 Å². The smallest absolute Gasteiger partial charge is 0.267 e. The number of carbonyl (C=O) groups is 2. The fraction of sp³-hybridized carbons (Fsp3) is 0.172. The molecular weight excluding hydrogens is 502 g/mol. The van der Waals surface area contributed by atoms with Crippen molar-refractivity contribution in [1.82, 2.24) is 10.3 Å². The molecule has 0 atom stereocenters. The van der Waals surface area contributed by atoms with Crippen LogP contribution in [0.5, 0.6) is 5.75 Å². The normalized spacial score (nSPS) is 14.8. The molecule has 5 rings (SSSR count). The van der Waals surface area contributed by atoms with E-state index in [1.807, 2.05) is 66.7 Å². The summed E-state index contributed by atoms with van der Waals surface area (Å²) in [5, 5.41) is 2.89. The Balaban J connectivity index is 0.000000181. The van der Waals surface area contributed by atoms with E-state index in [1.54, 1.807) is 18.1 Å². The van der Waals surface area contributed by atoms with Gasteiger partial charge < -0.3 is 20.7 Å². The maximum Gasteiger partial charge on any atom is 0.267 e. The maximum absolute atomic E-state index is 11.8. The zero-order valence-corrected chi connectivity index (χ0v) is 21.5. The zero-order chi connectivity index (χ0) is 26.9. The fourth-order valence-corrected chi connectivity index (χ4v) is 3.86. The summed E-state index contributed by atoms with van der Waals surface area (Å²) in [5.41, 5.74) is 9.72. The molecule has 1 aromatic heterocycles. The second kappa shape index (κ2) is 12.6. The number of hydrogen-bond donors (Lipinski definition) is 2. The number of rotatable bonds is 3. The van der Waals surface area contributed by atoms with E-state index in [9.17, 15) is 9.59 Å². The molecule has 0 fully saturated rings. The van der Waals surface area contributed by atoms with Gasteiger partial charge in [-0.25, -0.2) is 4.98 Å². The van der Waals surface area contributed by atoms with E-state index in [0.717, 1.165) is 22.5 Å². The summed E-state index contributed by atoms with van der Waals surface area (Å²) in [6.07, 6.45) is 2.10. The number of pyridine rings is 1. The van der Waals surface area contributed by atoms with Crippen molar-refractivity contribution in [3.8, 4) is 17.6 Å². The number of amides is 2. The van der Waals surface area contributed by atoms with Gasteiger partial charge in [-0.3, -0.25) is 14.6 Å². The number of halogens is 1. The Morgan fingerprint density at radius 2 is 1.92 bits per heavy atom. The molecule has 0 unspecified atom stereocenters. The Morgan fingerprint density at radius 1 is 1.13 bits per heavy atom. The highest BCUT2D eigenvalue weighted by Gasteiger charge is 2.22. The van der Waals surface area contributed by atoms with Crippen molar-refractivity contribution in [2.75, 3.05) is 25.1 Å². The highest BCUT2D eigenvalue weighted by atomic mass is 35.5. The Labute approximate surface area is 226 Å². The number of hydrogen-bond acceptors (Lipinski definition) is 6. The van der Waals surface area contributed by atoms with Crippen LogP contribution in [0.1, 0.15) is 23.2 Å². The van der Waals surface area contributed by atoms with Crippen molar-refractivity contribution in [1.29, 1.82) is 0 Å². The van der Waals surface area contributed by atoms with Crippen LogP contribution < -0.4 is 20.7 Å². The summed E-state index contributed by atoms with van der Waals surface area (Å²) in [7, 11) is 1.76. The van der Waals surface area contributed by atoms with E-state index in [0.29, 0.717) is 42.6 Å². The SMILES string of the molecule is CN1C(=O)CCOc2cc(C#Cc3ccccn3)ccc21.NC1=C(C(Cl)=NCc2ccccc2)CNC1=O. The number of ether oxygens (including phenoxy) is 1. The lowest BCUT2D eigenvalue weighted by atomic mass is 10.1. The minimum Gasteiger partial charge on any atom is -0.491 e. The summed E-state index contributed by atoms with van der Waals surface area (Å²) in [6, 6.07) is 21.0. The predicted octanol–water partition coefficient (Wildman–Crippen LogP) is 3.39. The number of fused-ring (bicyclic) bond motifs is 1. The van der Waals surface area contributed by atoms with Crippen molar-refractivity contribution in [3.05, 3.63) is 101 Å². The Kier molecular flexibility index (Phi) is 8.75. The molecule has 0 bridgehead atoms. The molecule has 8 nitrogen and oxygen atoms in total. The fourth-order valence-electron chi connectivity index (χ4n) is 3.63. The second-order valence-electron chi connectivity index (χ2n) is 8.37. The van der Waals surface area contributed by atoms with Gasteiger partial charge in [-0.15, -0.1) is 0 Å². The highest BCUT2D eigenvalue weighted by molar-refractivity contribution is 6.70. The monoisotopic (exact) mass is 527 g/mol. The molecule has 0 radical (unpaired) electrons. The van der Waals surface area contributed by atoms with E-state index in [2.05, 4.69) is 27.1 Å². The predicted molar refractivity (Wildman–Crippen MR) is 148 cm³/mol. The van der Waals surface area contributed by atoms with Gasteiger partial charge in [-0.05, 0) is 41.8 Å². The average Bonchev–Trinajstić information content (AvgIpc) is 3.21. The summed E-state index contributed by atoms with van der Waals surface area (Å²) >= 11 is 6.02. The number of aliphatic imine (C=N–C) groups is 1. The number of carbonyl (C=O) groups excluding carboxylic acids is 2. The molecule has 192 valence electrons. The lowest BCUT2D eigenvalue weighted by Gasteiger charge is -2.16. The minimum atomic E-state index is -0.284. The summed E-state index contributed by atoms with van der Waals surface area (Å²) in [5.74, 6) is 6.53. The lowest BCUT2D eigenvalue weighted by Crippen LogP contribution is -2.25. The first-order valence-corrected chi connectivity index (χ1v) is 12.3. The summed E-state index contributed by atoms with van der Waals surface area (Å²) in [6.45, 7) is 1.22. The molecule has 3 N–H and O–H groups in total. The minimum absolute atomic E-state index is 0.0565. The third-order valence-corrected chi connectivity index (χ3v) is 6.10. The molecule has 2 aromatic carbocycles. The van der Waals surface area contributed by atoms with Crippen LogP contribution in [0.2, 0.25) is 0 Å². The van der Waals surface area contributed by atoms with E-state index < -0.39 is 0 Å². The average molecular weight is 528 g/mol. The molecule has 0 saturated carbocycles. The van der Waals surface area contributed by atoms with E-state index in [1.165, 1.54) is 0 Å². The number of nitrogens with zero attached hydrogens (tertiary/aromatic N) is 3. The van der Waals surface area contributed by atoms with E-state index in [-0.39, 0.29) is 17.5 Å².